The Morgan fingerprint density at radius 1 is 1.12 bits per heavy atom. The molecule has 7 nitrogen and oxygen atoms in total. The van der Waals surface area contributed by atoms with Crippen molar-refractivity contribution in [3.8, 4) is 0 Å². The lowest BCUT2D eigenvalue weighted by molar-refractivity contribution is -0.148. The van der Waals surface area contributed by atoms with Gasteiger partial charge in [0.2, 0.25) is 0 Å². The monoisotopic (exact) mass is 247 g/mol. The molecule has 0 saturated carbocycles. The van der Waals surface area contributed by atoms with Crippen molar-refractivity contribution in [3.05, 3.63) is 0 Å². The maximum absolute atomic E-state index is 11.1. The van der Waals surface area contributed by atoms with Crippen molar-refractivity contribution < 1.29 is 29.0 Å². The number of carbonyl (C=O) groups excluding carboxylic acids is 2. The van der Waals surface area contributed by atoms with E-state index in [0.29, 0.717) is 0 Å². The van der Waals surface area contributed by atoms with Gasteiger partial charge in [0.25, 0.3) is 0 Å². The third kappa shape index (κ3) is 6.52. The summed E-state index contributed by atoms with van der Waals surface area (Å²) in [5.74, 6) is -2.07. The number of rotatable bonds is 7. The minimum atomic E-state index is -1.00. The average Bonchev–Trinajstić information content (AvgIpc) is 2.26. The number of nitrogens with zero attached hydrogens (tertiary/aromatic N) is 1. The second-order valence-electron chi connectivity index (χ2n) is 3.50. The second-order valence-corrected chi connectivity index (χ2v) is 3.50. The Morgan fingerprint density at radius 2 is 1.53 bits per heavy atom. The lowest BCUT2D eigenvalue weighted by atomic mass is 10.2. The van der Waals surface area contributed by atoms with Crippen molar-refractivity contribution in [2.75, 3.05) is 27.3 Å². The Bertz CT molecular complexity index is 273. The minimum absolute atomic E-state index is 0.153. The molecule has 98 valence electrons. The molecule has 0 aliphatic heterocycles. The van der Waals surface area contributed by atoms with Crippen molar-refractivity contribution >= 4 is 17.9 Å². The Kier molecular flexibility index (Phi) is 6.88. The molecule has 0 heterocycles. The third-order valence-electron chi connectivity index (χ3n) is 2.21. The number of aliphatic carboxylic acids is 1. The maximum Gasteiger partial charge on any atom is 0.319 e. The zero-order valence-electron chi connectivity index (χ0n) is 10.1. The molecule has 17 heavy (non-hydrogen) atoms. The molecule has 0 radical (unpaired) electrons. The molecule has 0 aromatic carbocycles. The van der Waals surface area contributed by atoms with Crippen LogP contribution in [0.3, 0.4) is 0 Å². The molecule has 0 spiro atoms. The van der Waals surface area contributed by atoms with Gasteiger partial charge in [-0.1, -0.05) is 0 Å². The van der Waals surface area contributed by atoms with Crippen LogP contribution < -0.4 is 0 Å². The highest BCUT2D eigenvalue weighted by Gasteiger charge is 2.22. The fourth-order valence-electron chi connectivity index (χ4n) is 1.21. The number of esters is 2. The molecule has 0 unspecified atom stereocenters. The molecule has 0 bridgehead atoms. The largest absolute Gasteiger partial charge is 0.481 e. The van der Waals surface area contributed by atoms with Crippen LogP contribution in [-0.4, -0.2) is 61.3 Å². The Morgan fingerprint density at radius 3 is 1.82 bits per heavy atom. The van der Waals surface area contributed by atoms with Crippen LogP contribution in [-0.2, 0) is 23.9 Å². The Balaban J connectivity index is 4.53. The first-order chi connectivity index (χ1) is 7.90. The molecule has 0 rings (SSSR count). The number of carboxylic acids is 1. The van der Waals surface area contributed by atoms with E-state index >= 15 is 0 Å². The second kappa shape index (κ2) is 7.61. The quantitative estimate of drug-likeness (QED) is 0.606. The molecule has 1 N–H and O–H groups in total. The highest BCUT2D eigenvalue weighted by atomic mass is 16.5. The maximum atomic E-state index is 11.1. The molecular weight excluding hydrogens is 230 g/mol. The summed E-state index contributed by atoms with van der Waals surface area (Å²) in [5, 5.41) is 8.66. The fraction of sp³-hybridized carbons (Fsp3) is 0.700. The zero-order chi connectivity index (χ0) is 13.4. The highest BCUT2D eigenvalue weighted by molar-refractivity contribution is 5.75. The van der Waals surface area contributed by atoms with Gasteiger partial charge in [0, 0.05) is 6.04 Å². The molecule has 0 fully saturated rings. The van der Waals surface area contributed by atoms with E-state index in [2.05, 4.69) is 9.47 Å². The van der Waals surface area contributed by atoms with E-state index in [0.717, 1.165) is 0 Å². The number of carbonyl (C=O) groups is 3. The molecule has 7 heteroatoms. The standard InChI is InChI=1S/C10H17NO6/c1-7(4-8(12)13)11(5-9(14)16-2)6-10(15)17-3/h7H,4-6H2,1-3H3,(H,12,13)/t7-/m0/s1. The molecule has 0 aromatic rings. The number of hydrogen-bond donors (Lipinski definition) is 1. The van der Waals surface area contributed by atoms with Gasteiger partial charge >= 0.3 is 17.9 Å². The number of carboxylic acid groups (broad SMARTS) is 1. The molecule has 1 atom stereocenters. The van der Waals surface area contributed by atoms with Crippen LogP contribution in [0.5, 0.6) is 0 Å². The van der Waals surface area contributed by atoms with E-state index in [1.165, 1.54) is 19.1 Å². The van der Waals surface area contributed by atoms with Gasteiger partial charge in [-0.05, 0) is 6.92 Å². The normalized spacial score (nSPS) is 12.0. The molecule has 0 saturated heterocycles. The first-order valence-electron chi connectivity index (χ1n) is 5.00. The fourth-order valence-corrected chi connectivity index (χ4v) is 1.21. The average molecular weight is 247 g/mol. The molecule has 0 amide bonds. The summed E-state index contributed by atoms with van der Waals surface area (Å²) in [4.78, 5) is 34.2. The molecular formula is C10H17NO6. The Hall–Kier alpha value is -1.63. The first kappa shape index (κ1) is 15.4. The highest BCUT2D eigenvalue weighted by Crippen LogP contribution is 2.04. The summed E-state index contributed by atoms with van der Waals surface area (Å²) in [6, 6.07) is -0.467. The van der Waals surface area contributed by atoms with Gasteiger partial charge in [-0.25, -0.2) is 0 Å². The summed E-state index contributed by atoms with van der Waals surface area (Å²) in [5.41, 5.74) is 0. The lowest BCUT2D eigenvalue weighted by Crippen LogP contribution is -2.42. The van der Waals surface area contributed by atoms with Crippen molar-refractivity contribution in [3.63, 3.8) is 0 Å². The summed E-state index contributed by atoms with van der Waals surface area (Å²) in [6.07, 6.45) is -0.173. The molecule has 0 aromatic heterocycles. The molecule has 0 aliphatic carbocycles. The third-order valence-corrected chi connectivity index (χ3v) is 2.21. The number of methoxy groups -OCH3 is 2. The van der Waals surface area contributed by atoms with Crippen LogP contribution in [0.4, 0.5) is 0 Å². The van der Waals surface area contributed by atoms with Gasteiger partial charge in [-0.3, -0.25) is 19.3 Å². The SMILES string of the molecule is COC(=O)CN(CC(=O)OC)[C@@H](C)CC(=O)O. The van der Waals surface area contributed by atoms with Crippen LogP contribution in [0, 0.1) is 0 Å². The van der Waals surface area contributed by atoms with Crippen LogP contribution in [0.25, 0.3) is 0 Å². The van der Waals surface area contributed by atoms with Gasteiger partial charge in [-0.2, -0.15) is 0 Å². The van der Waals surface area contributed by atoms with Crippen molar-refractivity contribution in [1.29, 1.82) is 0 Å². The number of ether oxygens (including phenoxy) is 2. The summed E-state index contributed by atoms with van der Waals surface area (Å²) < 4.78 is 8.94. The van der Waals surface area contributed by atoms with Crippen LogP contribution in [0.15, 0.2) is 0 Å². The topological polar surface area (TPSA) is 93.1 Å². The summed E-state index contributed by atoms with van der Waals surface area (Å²) in [6.45, 7) is 1.31. The lowest BCUT2D eigenvalue weighted by Gasteiger charge is -2.25. The van der Waals surface area contributed by atoms with Gasteiger partial charge in [-0.15, -0.1) is 0 Å². The van der Waals surface area contributed by atoms with Gasteiger partial charge in [0.15, 0.2) is 0 Å². The van der Waals surface area contributed by atoms with Crippen LogP contribution >= 0.6 is 0 Å². The zero-order valence-corrected chi connectivity index (χ0v) is 10.1. The van der Waals surface area contributed by atoms with Crippen molar-refractivity contribution in [2.45, 2.75) is 19.4 Å². The van der Waals surface area contributed by atoms with E-state index < -0.39 is 23.9 Å². The smallest absolute Gasteiger partial charge is 0.319 e. The van der Waals surface area contributed by atoms with Crippen LogP contribution in [0.2, 0.25) is 0 Å². The summed E-state index contributed by atoms with van der Waals surface area (Å²) >= 11 is 0. The predicted octanol–water partition coefficient (Wildman–Crippen LogP) is -0.502. The van der Waals surface area contributed by atoms with E-state index in [1.54, 1.807) is 6.92 Å². The number of hydrogen-bond acceptors (Lipinski definition) is 6. The first-order valence-corrected chi connectivity index (χ1v) is 5.00. The van der Waals surface area contributed by atoms with E-state index in [9.17, 15) is 14.4 Å². The van der Waals surface area contributed by atoms with Crippen molar-refractivity contribution in [1.82, 2.24) is 4.90 Å². The minimum Gasteiger partial charge on any atom is -0.481 e. The van der Waals surface area contributed by atoms with Gasteiger partial charge < -0.3 is 14.6 Å². The van der Waals surface area contributed by atoms with Crippen molar-refractivity contribution in [2.24, 2.45) is 0 Å². The van der Waals surface area contributed by atoms with E-state index in [1.807, 2.05) is 0 Å². The van der Waals surface area contributed by atoms with Gasteiger partial charge in [0.05, 0.1) is 33.7 Å². The van der Waals surface area contributed by atoms with Crippen LogP contribution in [0.1, 0.15) is 13.3 Å². The Labute approximate surface area is 99.3 Å². The van der Waals surface area contributed by atoms with E-state index in [-0.39, 0.29) is 19.5 Å². The van der Waals surface area contributed by atoms with Gasteiger partial charge in [0.1, 0.15) is 0 Å². The molecule has 0 aliphatic rings. The predicted molar refractivity (Wildman–Crippen MR) is 57.3 cm³/mol. The van der Waals surface area contributed by atoms with E-state index in [4.69, 9.17) is 5.11 Å². The summed E-state index contributed by atoms with van der Waals surface area (Å²) in [7, 11) is 2.45.